The first-order chi connectivity index (χ1) is 9.54. The molecule has 0 aromatic heterocycles. The van der Waals surface area contributed by atoms with E-state index in [4.69, 9.17) is 10.9 Å². The Morgan fingerprint density at radius 2 is 2.00 bits per heavy atom. The fraction of sp³-hybridized carbons (Fsp3) is 0.143. The van der Waals surface area contributed by atoms with Gasteiger partial charge in [-0.05, 0) is 11.5 Å². The number of oxime groups is 1. The van der Waals surface area contributed by atoms with Crippen LogP contribution in [0.15, 0.2) is 41.6 Å². The van der Waals surface area contributed by atoms with Crippen LogP contribution in [0.3, 0.4) is 0 Å². The first kappa shape index (κ1) is 13.7. The number of hydrogen-bond donors (Lipinski definition) is 3. The fourth-order valence-electron chi connectivity index (χ4n) is 1.98. The van der Waals surface area contributed by atoms with Crippen LogP contribution < -0.4 is 5.73 Å². The van der Waals surface area contributed by atoms with Crippen molar-refractivity contribution in [2.24, 2.45) is 10.9 Å². The minimum absolute atomic E-state index is 0.0262. The third-order valence-corrected chi connectivity index (χ3v) is 3.01. The summed E-state index contributed by atoms with van der Waals surface area (Å²) >= 11 is 0. The molecule has 0 aliphatic rings. The van der Waals surface area contributed by atoms with Crippen molar-refractivity contribution in [1.29, 1.82) is 0 Å². The predicted molar refractivity (Wildman–Crippen MR) is 76.0 cm³/mol. The van der Waals surface area contributed by atoms with Crippen LogP contribution in [-0.2, 0) is 0 Å². The molecule has 0 aliphatic carbocycles. The van der Waals surface area contributed by atoms with Crippen molar-refractivity contribution in [3.8, 4) is 5.75 Å². The molecule has 2 aromatic carbocycles. The highest BCUT2D eigenvalue weighted by Gasteiger charge is 2.18. The van der Waals surface area contributed by atoms with Gasteiger partial charge in [-0.2, -0.15) is 0 Å². The first-order valence-electron chi connectivity index (χ1n) is 5.97. The molecule has 0 unspecified atom stereocenters. The molecule has 0 heterocycles. The SMILES string of the molecule is CN(CC(N)=NO)C(=O)c1ccc2ccccc2c1O. The van der Waals surface area contributed by atoms with Crippen molar-refractivity contribution >= 4 is 22.5 Å². The van der Waals surface area contributed by atoms with Gasteiger partial charge < -0.3 is 20.9 Å². The number of benzene rings is 2. The maximum Gasteiger partial charge on any atom is 0.257 e. The van der Waals surface area contributed by atoms with Gasteiger partial charge in [-0.1, -0.05) is 35.5 Å². The highest BCUT2D eigenvalue weighted by Crippen LogP contribution is 2.29. The lowest BCUT2D eigenvalue weighted by molar-refractivity contribution is 0.0811. The average molecular weight is 273 g/mol. The quantitative estimate of drug-likeness (QED) is 0.340. The molecule has 0 atom stereocenters. The second-order valence-electron chi connectivity index (χ2n) is 4.44. The molecule has 6 heteroatoms. The summed E-state index contributed by atoms with van der Waals surface area (Å²) in [5.74, 6) is -0.555. The Bertz CT molecular complexity index is 682. The zero-order valence-electron chi connectivity index (χ0n) is 10.9. The highest BCUT2D eigenvalue weighted by atomic mass is 16.4. The van der Waals surface area contributed by atoms with E-state index >= 15 is 0 Å². The van der Waals surface area contributed by atoms with E-state index in [1.807, 2.05) is 12.1 Å². The molecule has 1 amide bonds. The molecule has 0 spiro atoms. The van der Waals surface area contributed by atoms with Crippen LogP contribution in [-0.4, -0.2) is 40.5 Å². The van der Waals surface area contributed by atoms with E-state index in [1.165, 1.54) is 11.9 Å². The number of phenolic OH excluding ortho intramolecular Hbond substituents is 1. The monoisotopic (exact) mass is 273 g/mol. The molecule has 0 aliphatic heterocycles. The lowest BCUT2D eigenvalue weighted by atomic mass is 10.0. The molecular formula is C14H15N3O3. The van der Waals surface area contributed by atoms with E-state index in [2.05, 4.69) is 5.16 Å². The zero-order valence-corrected chi connectivity index (χ0v) is 10.9. The van der Waals surface area contributed by atoms with Crippen LogP contribution >= 0.6 is 0 Å². The Morgan fingerprint density at radius 1 is 1.30 bits per heavy atom. The smallest absolute Gasteiger partial charge is 0.257 e. The van der Waals surface area contributed by atoms with E-state index in [0.717, 1.165) is 5.39 Å². The standard InChI is InChI=1S/C14H15N3O3/c1-17(8-12(15)16-20)14(19)11-7-6-9-4-2-3-5-10(9)13(11)18/h2-7,18,20H,8H2,1H3,(H2,15,16). The van der Waals surface area contributed by atoms with E-state index in [-0.39, 0.29) is 23.7 Å². The van der Waals surface area contributed by atoms with Gasteiger partial charge in [-0.15, -0.1) is 0 Å². The van der Waals surface area contributed by atoms with Gasteiger partial charge in [0.2, 0.25) is 0 Å². The largest absolute Gasteiger partial charge is 0.506 e. The molecule has 0 saturated heterocycles. The minimum Gasteiger partial charge on any atom is -0.506 e. The Kier molecular flexibility index (Phi) is 3.74. The summed E-state index contributed by atoms with van der Waals surface area (Å²) < 4.78 is 0. The van der Waals surface area contributed by atoms with E-state index in [1.54, 1.807) is 24.3 Å². The summed E-state index contributed by atoms with van der Waals surface area (Å²) in [6, 6.07) is 10.6. The molecule has 20 heavy (non-hydrogen) atoms. The van der Waals surface area contributed by atoms with Crippen LogP contribution in [0.2, 0.25) is 0 Å². The number of nitrogens with zero attached hydrogens (tertiary/aromatic N) is 2. The van der Waals surface area contributed by atoms with Crippen molar-refractivity contribution in [3.63, 3.8) is 0 Å². The van der Waals surface area contributed by atoms with Crippen molar-refractivity contribution in [1.82, 2.24) is 4.90 Å². The van der Waals surface area contributed by atoms with Crippen molar-refractivity contribution in [2.45, 2.75) is 0 Å². The van der Waals surface area contributed by atoms with E-state index in [9.17, 15) is 9.90 Å². The maximum atomic E-state index is 12.2. The summed E-state index contributed by atoms with van der Waals surface area (Å²) in [6.07, 6.45) is 0. The Labute approximate surface area is 115 Å². The molecule has 0 radical (unpaired) electrons. The van der Waals surface area contributed by atoms with Crippen LogP contribution in [0.1, 0.15) is 10.4 Å². The molecule has 2 rings (SSSR count). The third kappa shape index (κ3) is 2.49. The van der Waals surface area contributed by atoms with E-state index in [0.29, 0.717) is 5.39 Å². The number of rotatable bonds is 3. The van der Waals surface area contributed by atoms with Gasteiger partial charge in [-0.25, -0.2) is 0 Å². The maximum absolute atomic E-state index is 12.2. The number of amides is 1. The number of aromatic hydroxyl groups is 1. The Balaban J connectivity index is 2.38. The Hall–Kier alpha value is -2.76. The lowest BCUT2D eigenvalue weighted by Crippen LogP contribution is -2.35. The normalized spacial score (nSPS) is 11.6. The number of carbonyl (C=O) groups excluding carboxylic acids is 1. The van der Waals surface area contributed by atoms with Crippen LogP contribution in [0.4, 0.5) is 0 Å². The highest BCUT2D eigenvalue weighted by molar-refractivity contribution is 6.04. The van der Waals surface area contributed by atoms with Gasteiger partial charge in [0.1, 0.15) is 5.75 Å². The summed E-state index contributed by atoms with van der Waals surface area (Å²) in [7, 11) is 1.51. The summed E-state index contributed by atoms with van der Waals surface area (Å²) in [5, 5.41) is 23.0. The van der Waals surface area contributed by atoms with Crippen molar-refractivity contribution in [2.75, 3.05) is 13.6 Å². The van der Waals surface area contributed by atoms with Gasteiger partial charge in [0.15, 0.2) is 5.84 Å². The molecule has 0 fully saturated rings. The van der Waals surface area contributed by atoms with Gasteiger partial charge in [0.05, 0.1) is 12.1 Å². The van der Waals surface area contributed by atoms with Crippen LogP contribution in [0.5, 0.6) is 5.75 Å². The molecular weight excluding hydrogens is 258 g/mol. The van der Waals surface area contributed by atoms with Gasteiger partial charge in [0, 0.05) is 12.4 Å². The molecule has 0 bridgehead atoms. The number of amidine groups is 1. The number of phenols is 1. The molecule has 0 saturated carbocycles. The summed E-state index contributed by atoms with van der Waals surface area (Å²) in [5.41, 5.74) is 5.54. The van der Waals surface area contributed by atoms with Crippen LogP contribution in [0.25, 0.3) is 10.8 Å². The second-order valence-corrected chi connectivity index (χ2v) is 4.44. The van der Waals surface area contributed by atoms with E-state index < -0.39 is 5.91 Å². The lowest BCUT2D eigenvalue weighted by Gasteiger charge is -2.17. The third-order valence-electron chi connectivity index (χ3n) is 3.01. The van der Waals surface area contributed by atoms with Gasteiger partial charge in [-0.3, -0.25) is 4.79 Å². The number of carbonyl (C=O) groups is 1. The Morgan fingerprint density at radius 3 is 2.70 bits per heavy atom. The van der Waals surface area contributed by atoms with Gasteiger partial charge >= 0.3 is 0 Å². The first-order valence-corrected chi connectivity index (χ1v) is 5.97. The fourth-order valence-corrected chi connectivity index (χ4v) is 1.98. The predicted octanol–water partition coefficient (Wildman–Crippen LogP) is 1.36. The number of likely N-dealkylation sites (N-methyl/N-ethyl adjacent to an activating group) is 1. The number of nitrogens with two attached hydrogens (primary N) is 1. The summed E-state index contributed by atoms with van der Waals surface area (Å²) in [6.45, 7) is -0.0262. The molecule has 2 aromatic rings. The zero-order chi connectivity index (χ0) is 14.7. The number of fused-ring (bicyclic) bond motifs is 1. The minimum atomic E-state index is -0.403. The van der Waals surface area contributed by atoms with Crippen LogP contribution in [0, 0.1) is 0 Å². The second kappa shape index (κ2) is 5.48. The average Bonchev–Trinajstić information content (AvgIpc) is 2.47. The molecule has 104 valence electrons. The topological polar surface area (TPSA) is 99.1 Å². The molecule has 6 nitrogen and oxygen atoms in total. The van der Waals surface area contributed by atoms with Crippen molar-refractivity contribution in [3.05, 3.63) is 42.0 Å². The molecule has 4 N–H and O–H groups in total. The summed E-state index contributed by atoms with van der Waals surface area (Å²) in [4.78, 5) is 13.5. The van der Waals surface area contributed by atoms with Gasteiger partial charge in [0.25, 0.3) is 5.91 Å². The van der Waals surface area contributed by atoms with Crippen molar-refractivity contribution < 1.29 is 15.1 Å². The number of hydrogen-bond acceptors (Lipinski definition) is 4.